The lowest BCUT2D eigenvalue weighted by Crippen LogP contribution is -2.51. The Morgan fingerprint density at radius 3 is 2.62 bits per heavy atom. The van der Waals surface area contributed by atoms with Crippen LogP contribution >= 0.6 is 22.6 Å². The van der Waals surface area contributed by atoms with Crippen LogP contribution in [0.4, 0.5) is 4.79 Å². The van der Waals surface area contributed by atoms with Crippen molar-refractivity contribution in [2.24, 2.45) is 11.8 Å². The van der Waals surface area contributed by atoms with Crippen molar-refractivity contribution in [1.82, 2.24) is 20.2 Å². The van der Waals surface area contributed by atoms with Gasteiger partial charge in [-0.2, -0.15) is 0 Å². The van der Waals surface area contributed by atoms with Crippen LogP contribution in [-0.2, 0) is 9.53 Å². The second-order valence-corrected chi connectivity index (χ2v) is 7.81. The molecule has 0 spiro atoms. The number of aromatic amines is 1. The predicted molar refractivity (Wildman–Crippen MR) is 98.4 cm³/mol. The Labute approximate surface area is 156 Å². The molecule has 2 amide bonds. The summed E-state index contributed by atoms with van der Waals surface area (Å²) in [5.41, 5.74) is 0.936. The Morgan fingerprint density at radius 2 is 2.12 bits per heavy atom. The fourth-order valence-corrected chi connectivity index (χ4v) is 3.44. The van der Waals surface area contributed by atoms with Gasteiger partial charge in [0.25, 0.3) is 0 Å². The van der Waals surface area contributed by atoms with E-state index in [1.807, 2.05) is 25.7 Å². The van der Waals surface area contributed by atoms with Crippen LogP contribution in [-0.4, -0.2) is 46.6 Å². The molecule has 0 aliphatic carbocycles. The molecular weight excluding hydrogens is 423 g/mol. The number of rotatable bonds is 4. The molecule has 1 fully saturated rings. The SMILES string of the molecule is COC(=O)N[C@H](C(=O)N1C[C@@H](C)C[C@H]1c1nc(C)c(I)[nH]1)C(C)C. The van der Waals surface area contributed by atoms with Crippen LogP contribution < -0.4 is 5.32 Å². The lowest BCUT2D eigenvalue weighted by molar-refractivity contribution is -0.135. The summed E-state index contributed by atoms with van der Waals surface area (Å²) in [5, 5.41) is 2.66. The first-order valence-electron chi connectivity index (χ1n) is 8.11. The van der Waals surface area contributed by atoms with Gasteiger partial charge in [-0.05, 0) is 47.8 Å². The molecule has 0 radical (unpaired) electrons. The van der Waals surface area contributed by atoms with Gasteiger partial charge in [-0.15, -0.1) is 0 Å². The fourth-order valence-electron chi connectivity index (χ4n) is 3.05. The minimum absolute atomic E-state index is 0.0355. The number of methoxy groups -OCH3 is 1. The van der Waals surface area contributed by atoms with E-state index in [4.69, 9.17) is 0 Å². The Hall–Kier alpha value is -1.32. The minimum Gasteiger partial charge on any atom is -0.453 e. The number of hydrogen-bond donors (Lipinski definition) is 2. The summed E-state index contributed by atoms with van der Waals surface area (Å²) in [4.78, 5) is 34.3. The molecule has 1 aliphatic rings. The van der Waals surface area contributed by atoms with E-state index in [9.17, 15) is 9.59 Å². The van der Waals surface area contributed by atoms with Gasteiger partial charge < -0.3 is 19.9 Å². The van der Waals surface area contributed by atoms with Crippen molar-refractivity contribution >= 4 is 34.6 Å². The number of ether oxygens (including phenoxy) is 1. The Morgan fingerprint density at radius 1 is 1.46 bits per heavy atom. The van der Waals surface area contributed by atoms with Gasteiger partial charge in [-0.1, -0.05) is 20.8 Å². The molecule has 134 valence electrons. The van der Waals surface area contributed by atoms with Gasteiger partial charge >= 0.3 is 6.09 Å². The number of carbonyl (C=O) groups excluding carboxylic acids is 2. The normalized spacial score (nSPS) is 21.9. The molecule has 0 saturated carbocycles. The molecule has 1 aromatic rings. The topological polar surface area (TPSA) is 87.3 Å². The van der Waals surface area contributed by atoms with E-state index in [0.29, 0.717) is 12.5 Å². The summed E-state index contributed by atoms with van der Waals surface area (Å²) < 4.78 is 5.64. The number of aryl methyl sites for hydroxylation is 1. The summed E-state index contributed by atoms with van der Waals surface area (Å²) in [6, 6.07) is -0.698. The lowest BCUT2D eigenvalue weighted by Gasteiger charge is -2.30. The average Bonchev–Trinajstić information content (AvgIpc) is 3.06. The van der Waals surface area contributed by atoms with Gasteiger partial charge in [0.1, 0.15) is 15.6 Å². The highest BCUT2D eigenvalue weighted by Crippen LogP contribution is 2.35. The number of hydrogen-bond acceptors (Lipinski definition) is 4. The highest BCUT2D eigenvalue weighted by Gasteiger charge is 2.40. The maximum Gasteiger partial charge on any atom is 0.407 e. The summed E-state index contributed by atoms with van der Waals surface area (Å²) in [6.07, 6.45) is 0.270. The Kier molecular flexibility index (Phi) is 6.11. The second-order valence-electron chi connectivity index (χ2n) is 6.73. The smallest absolute Gasteiger partial charge is 0.407 e. The van der Waals surface area contributed by atoms with Gasteiger partial charge in [0.2, 0.25) is 5.91 Å². The van der Waals surface area contributed by atoms with E-state index in [-0.39, 0.29) is 17.9 Å². The third-order valence-corrected chi connectivity index (χ3v) is 5.39. The van der Waals surface area contributed by atoms with Gasteiger partial charge in [0, 0.05) is 6.54 Å². The zero-order valence-electron chi connectivity index (χ0n) is 14.7. The number of nitrogens with zero attached hydrogens (tertiary/aromatic N) is 2. The average molecular weight is 448 g/mol. The molecule has 0 unspecified atom stereocenters. The van der Waals surface area contributed by atoms with Crippen molar-refractivity contribution < 1.29 is 14.3 Å². The van der Waals surface area contributed by atoms with E-state index >= 15 is 0 Å². The van der Waals surface area contributed by atoms with Crippen LogP contribution in [0.1, 0.15) is 44.8 Å². The van der Waals surface area contributed by atoms with Crippen molar-refractivity contribution in [3.8, 4) is 0 Å². The van der Waals surface area contributed by atoms with Crippen LogP contribution in [0.3, 0.4) is 0 Å². The van der Waals surface area contributed by atoms with E-state index < -0.39 is 12.1 Å². The Balaban J connectivity index is 2.25. The van der Waals surface area contributed by atoms with E-state index in [2.05, 4.69) is 49.5 Å². The van der Waals surface area contributed by atoms with E-state index in [0.717, 1.165) is 21.6 Å². The maximum absolute atomic E-state index is 13.1. The van der Waals surface area contributed by atoms with Gasteiger partial charge in [0.15, 0.2) is 0 Å². The zero-order valence-corrected chi connectivity index (χ0v) is 16.9. The molecule has 2 heterocycles. The molecule has 1 aliphatic heterocycles. The maximum atomic E-state index is 13.1. The van der Waals surface area contributed by atoms with Crippen LogP contribution in [0.15, 0.2) is 0 Å². The number of likely N-dealkylation sites (tertiary alicyclic amines) is 1. The van der Waals surface area contributed by atoms with Crippen molar-refractivity contribution in [3.63, 3.8) is 0 Å². The summed E-state index contributed by atoms with van der Waals surface area (Å²) in [7, 11) is 1.30. The first-order valence-corrected chi connectivity index (χ1v) is 9.19. The molecule has 24 heavy (non-hydrogen) atoms. The lowest BCUT2D eigenvalue weighted by atomic mass is 10.0. The number of alkyl carbamates (subject to hydrolysis) is 1. The zero-order chi connectivity index (χ0) is 18.0. The molecule has 8 heteroatoms. The predicted octanol–water partition coefficient (Wildman–Crippen LogP) is 2.61. The van der Waals surface area contributed by atoms with Crippen LogP contribution in [0.25, 0.3) is 0 Å². The second kappa shape index (κ2) is 7.71. The monoisotopic (exact) mass is 448 g/mol. The fraction of sp³-hybridized carbons (Fsp3) is 0.688. The highest BCUT2D eigenvalue weighted by atomic mass is 127. The number of carbonyl (C=O) groups is 2. The number of amides is 2. The summed E-state index contributed by atoms with van der Waals surface area (Å²) in [6.45, 7) is 8.55. The molecule has 1 aromatic heterocycles. The standard InChI is InChI=1S/C16H25IN4O3/c1-8(2)12(19-16(23)24-5)15(22)21-7-9(3)6-11(21)14-18-10(4)13(17)20-14/h8-9,11-12H,6-7H2,1-5H3,(H,18,20)(H,19,23)/t9-,11-,12-/m0/s1. The van der Waals surface area contributed by atoms with Crippen molar-refractivity contribution in [2.75, 3.05) is 13.7 Å². The minimum atomic E-state index is -0.611. The number of imidazole rings is 1. The number of halogens is 1. The third kappa shape index (κ3) is 4.01. The number of H-pyrrole nitrogens is 1. The van der Waals surface area contributed by atoms with Crippen molar-refractivity contribution in [2.45, 2.75) is 46.2 Å². The van der Waals surface area contributed by atoms with Crippen molar-refractivity contribution in [1.29, 1.82) is 0 Å². The van der Waals surface area contributed by atoms with Crippen LogP contribution in [0.2, 0.25) is 0 Å². The van der Waals surface area contributed by atoms with Gasteiger partial charge in [-0.3, -0.25) is 4.79 Å². The first kappa shape index (κ1) is 19.0. The third-order valence-electron chi connectivity index (χ3n) is 4.34. The van der Waals surface area contributed by atoms with Gasteiger partial charge in [0.05, 0.1) is 18.8 Å². The largest absolute Gasteiger partial charge is 0.453 e. The molecule has 2 N–H and O–H groups in total. The highest BCUT2D eigenvalue weighted by molar-refractivity contribution is 14.1. The molecule has 7 nitrogen and oxygen atoms in total. The molecule has 3 atom stereocenters. The number of nitrogens with one attached hydrogen (secondary N) is 2. The molecule has 1 saturated heterocycles. The van der Waals surface area contributed by atoms with Gasteiger partial charge in [-0.25, -0.2) is 9.78 Å². The summed E-state index contributed by atoms with van der Waals surface area (Å²) in [5.74, 6) is 1.07. The van der Waals surface area contributed by atoms with Crippen molar-refractivity contribution in [3.05, 3.63) is 15.2 Å². The first-order chi connectivity index (χ1) is 11.2. The quantitative estimate of drug-likeness (QED) is 0.694. The Bertz CT molecular complexity index is 597. The molecule has 0 bridgehead atoms. The molecule has 0 aromatic carbocycles. The molecular formula is C16H25IN4O3. The van der Waals surface area contributed by atoms with Crippen LogP contribution in [0.5, 0.6) is 0 Å². The van der Waals surface area contributed by atoms with E-state index in [1.54, 1.807) is 0 Å². The van der Waals surface area contributed by atoms with Crippen LogP contribution in [0, 0.1) is 22.5 Å². The molecule has 2 rings (SSSR count). The summed E-state index contributed by atoms with van der Waals surface area (Å²) >= 11 is 2.21. The van der Waals surface area contributed by atoms with E-state index in [1.165, 1.54) is 7.11 Å². The number of aromatic nitrogens is 2.